The van der Waals surface area contributed by atoms with Crippen molar-refractivity contribution in [2.75, 3.05) is 0 Å². The fourth-order valence-corrected chi connectivity index (χ4v) is 0. The van der Waals surface area contributed by atoms with Crippen LogP contribution in [0.15, 0.2) is 0 Å². The first-order chi connectivity index (χ1) is 3.00. The fourth-order valence-electron chi connectivity index (χ4n) is 0. The third-order valence-electron chi connectivity index (χ3n) is 0. The van der Waals surface area contributed by atoms with Gasteiger partial charge in [-0.25, -0.2) is 0 Å². The van der Waals surface area contributed by atoms with Gasteiger partial charge in [0.15, 0.2) is 0 Å². The van der Waals surface area contributed by atoms with Gasteiger partial charge in [0.1, 0.15) is 0 Å². The van der Waals surface area contributed by atoms with Gasteiger partial charge in [-0.05, 0) is 0 Å². The van der Waals surface area contributed by atoms with Crippen molar-refractivity contribution in [2.24, 2.45) is 0 Å². The molecule has 0 fully saturated rings. The topological polar surface area (TPSA) is 126 Å². The predicted molar refractivity (Wildman–Crippen MR) is 10.5 cm³/mol. The van der Waals surface area contributed by atoms with Crippen LogP contribution in [0.1, 0.15) is 0 Å². The van der Waals surface area contributed by atoms with E-state index in [4.69, 9.17) is 28.0 Å². The van der Waals surface area contributed by atoms with Gasteiger partial charge in [-0.1, -0.05) is 0 Å². The molecule has 0 saturated heterocycles. The minimum Gasteiger partial charge on any atom is -1.00 e. The number of rotatable bonds is 0. The molecule has 0 N–H and O–H groups in total. The Kier molecular flexibility index (Phi) is 15.2. The molecule has 0 aromatic heterocycles. The van der Waals surface area contributed by atoms with Crippen LogP contribution in [0.25, 0.3) is 0 Å². The first-order valence-corrected chi connectivity index (χ1v) is 2.17. The van der Waals surface area contributed by atoms with Gasteiger partial charge in [0, 0.05) is 10.4 Å². The third kappa shape index (κ3) is 490. The maximum absolute atomic E-state index is 8.52. The Morgan fingerprint density at radius 2 is 1.00 bits per heavy atom. The molecule has 0 spiro atoms. The van der Waals surface area contributed by atoms with Crippen LogP contribution in [0.2, 0.25) is 0 Å². The second-order valence-corrected chi connectivity index (χ2v) is 1.22. The van der Waals surface area contributed by atoms with Gasteiger partial charge < -0.3 is 19.6 Å². The van der Waals surface area contributed by atoms with Gasteiger partial charge in [0.25, 0.3) is 0 Å². The normalized spacial score (nSPS) is 8.00. The minimum absolute atomic E-state index is 0. The molecule has 0 atom stereocenters. The van der Waals surface area contributed by atoms with Gasteiger partial charge in [-0.15, -0.1) is 0 Å². The summed E-state index contributed by atoms with van der Waals surface area (Å²) in [7, 11) is -5.17. The van der Waals surface area contributed by atoms with E-state index in [0.29, 0.717) is 0 Å². The molecule has 0 unspecified atom stereocenters. The maximum Gasteiger partial charge on any atom is 4.00 e. The molecule has 8 heavy (non-hydrogen) atoms. The number of hydrogen-bond donors (Lipinski definition) is 0. The second kappa shape index (κ2) is 7.66. The molecule has 0 bridgehead atoms. The SMILES string of the molecule is O=S(=O)([O-])[O-].[Hf+4].[O-][O-]. The van der Waals surface area contributed by atoms with Crippen molar-refractivity contribution >= 4 is 10.4 Å². The molecule has 0 aromatic rings. The molecular formula is HfO6S. The maximum atomic E-state index is 8.52. The summed E-state index contributed by atoms with van der Waals surface area (Å²) >= 11 is 0. The molecule has 0 rings (SSSR count). The average Bonchev–Trinajstić information content (AvgIpc) is 1.36. The van der Waals surface area contributed by atoms with E-state index >= 15 is 0 Å². The Balaban J connectivity index is -0.0000000750. The molecule has 0 aromatic carbocycles. The minimum atomic E-state index is -5.17. The van der Waals surface area contributed by atoms with Crippen molar-refractivity contribution in [1.82, 2.24) is 0 Å². The summed E-state index contributed by atoms with van der Waals surface area (Å²) in [6.07, 6.45) is 0. The van der Waals surface area contributed by atoms with E-state index in [1.54, 1.807) is 0 Å². The summed E-state index contributed by atoms with van der Waals surface area (Å²) in [5.74, 6) is 0. The van der Waals surface area contributed by atoms with Gasteiger partial charge in [-0.3, -0.25) is 8.42 Å². The van der Waals surface area contributed by atoms with E-state index in [1.165, 1.54) is 0 Å². The first kappa shape index (κ1) is 15.9. The Hall–Kier alpha value is 0.660. The van der Waals surface area contributed by atoms with Crippen molar-refractivity contribution in [3.05, 3.63) is 0 Å². The van der Waals surface area contributed by atoms with E-state index in [2.05, 4.69) is 0 Å². The van der Waals surface area contributed by atoms with Crippen LogP contribution in [-0.2, 0) is 36.2 Å². The zero-order chi connectivity index (χ0) is 6.50. The molecule has 0 aliphatic rings. The summed E-state index contributed by atoms with van der Waals surface area (Å²) in [5, 5.41) is 14.0. The van der Waals surface area contributed by atoms with Crippen molar-refractivity contribution in [3.63, 3.8) is 0 Å². The van der Waals surface area contributed by atoms with Crippen LogP contribution in [0.5, 0.6) is 0 Å². The molecule has 0 aliphatic carbocycles. The van der Waals surface area contributed by atoms with Gasteiger partial charge >= 0.3 is 25.8 Å². The first-order valence-electron chi connectivity index (χ1n) is 0.833. The molecule has 0 heterocycles. The van der Waals surface area contributed by atoms with Crippen molar-refractivity contribution in [1.29, 1.82) is 0 Å². The molecule has 46 valence electrons. The Labute approximate surface area is 64.4 Å². The number of hydrogen-bond acceptors (Lipinski definition) is 6. The van der Waals surface area contributed by atoms with Crippen LogP contribution in [0, 0.1) is 0 Å². The summed E-state index contributed by atoms with van der Waals surface area (Å²) in [5.41, 5.74) is 0. The van der Waals surface area contributed by atoms with Gasteiger partial charge in [0.05, 0.1) is 0 Å². The summed E-state index contributed by atoms with van der Waals surface area (Å²) in [4.78, 5) is 0. The third-order valence-corrected chi connectivity index (χ3v) is 0. The van der Waals surface area contributed by atoms with Crippen molar-refractivity contribution in [2.45, 2.75) is 0 Å². The van der Waals surface area contributed by atoms with Crippen LogP contribution in [0.3, 0.4) is 0 Å². The van der Waals surface area contributed by atoms with Crippen LogP contribution >= 0.6 is 0 Å². The Morgan fingerprint density at radius 3 is 1.00 bits per heavy atom. The van der Waals surface area contributed by atoms with Crippen LogP contribution < -0.4 is 10.5 Å². The van der Waals surface area contributed by atoms with E-state index in [1.807, 2.05) is 0 Å². The van der Waals surface area contributed by atoms with E-state index in [-0.39, 0.29) is 25.8 Å². The summed E-state index contributed by atoms with van der Waals surface area (Å²) in [6, 6.07) is 0. The zero-order valence-corrected chi connectivity index (χ0v) is 7.77. The van der Waals surface area contributed by atoms with Crippen LogP contribution in [-0.4, -0.2) is 17.5 Å². The molecule has 0 aliphatic heterocycles. The summed E-state index contributed by atoms with van der Waals surface area (Å²) < 4.78 is 34.1. The smallest absolute Gasteiger partial charge is 1.00 e. The molecule has 0 amide bonds. The van der Waals surface area contributed by atoms with E-state index in [0.717, 1.165) is 0 Å². The Morgan fingerprint density at radius 1 is 1.00 bits per heavy atom. The average molecular weight is 307 g/mol. The molecule has 8 heteroatoms. The fraction of sp³-hybridized carbons (Fsp3) is 0. The molecule has 0 radical (unpaired) electrons. The van der Waals surface area contributed by atoms with Crippen molar-refractivity contribution < 1.29 is 53.9 Å². The molecule has 0 saturated carbocycles. The quantitative estimate of drug-likeness (QED) is 0.149. The molecular weight excluding hydrogens is 307 g/mol. The van der Waals surface area contributed by atoms with E-state index < -0.39 is 10.4 Å². The second-order valence-electron chi connectivity index (χ2n) is 0.408. The molecule has 6 nitrogen and oxygen atoms in total. The zero-order valence-electron chi connectivity index (χ0n) is 3.36. The van der Waals surface area contributed by atoms with Gasteiger partial charge in [-0.2, -0.15) is 0 Å². The summed E-state index contributed by atoms with van der Waals surface area (Å²) in [6.45, 7) is 0. The predicted octanol–water partition coefficient (Wildman–Crippen LogP) is -3.72. The van der Waals surface area contributed by atoms with E-state index in [9.17, 15) is 0 Å². The van der Waals surface area contributed by atoms with Gasteiger partial charge in [0.2, 0.25) is 0 Å². The van der Waals surface area contributed by atoms with Crippen molar-refractivity contribution in [3.8, 4) is 0 Å². The monoisotopic (exact) mass is 308 g/mol. The standard InChI is InChI=1S/Hf.H2O4S.O2/c;1-5(2,3)4;1-2/h;(H2,1,2,3,4);/q+4;;-2/p-2. The largest absolute Gasteiger partial charge is 4.00 e. The Bertz CT molecular complexity index is 91.7. The van der Waals surface area contributed by atoms with Crippen LogP contribution in [0.4, 0.5) is 0 Å².